The number of halogens is 2. The summed E-state index contributed by atoms with van der Waals surface area (Å²) in [7, 11) is 0. The lowest BCUT2D eigenvalue weighted by atomic mass is 10.3. The highest BCUT2D eigenvalue weighted by Gasteiger charge is 2.16. The summed E-state index contributed by atoms with van der Waals surface area (Å²) in [6.07, 6.45) is 0. The van der Waals surface area contributed by atoms with Gasteiger partial charge in [-0.3, -0.25) is 9.59 Å². The Morgan fingerprint density at radius 2 is 1.80 bits per heavy atom. The second-order valence-corrected chi connectivity index (χ2v) is 4.46. The largest absolute Gasteiger partial charge is 0.394 e. The predicted molar refractivity (Wildman–Crippen MR) is 76.0 cm³/mol. The first-order valence-corrected chi connectivity index (χ1v) is 6.53. The number of para-hydroxylation sites is 1. The molecule has 0 radical (unpaired) electrons. The Labute approximate surface area is 126 Å². The molecule has 2 amide bonds. The molecule has 1 aromatic rings. The third kappa shape index (κ3) is 5.34. The lowest BCUT2D eigenvalue weighted by molar-refractivity contribution is -0.136. The van der Waals surface area contributed by atoms with Gasteiger partial charge in [0.25, 0.3) is 0 Å². The molecule has 0 aliphatic heterocycles. The van der Waals surface area contributed by atoms with E-state index in [2.05, 4.69) is 10.6 Å². The van der Waals surface area contributed by atoms with Crippen LogP contribution in [-0.2, 0) is 14.3 Å². The first-order valence-electron chi connectivity index (χ1n) is 5.78. The van der Waals surface area contributed by atoms with Gasteiger partial charge in [0.2, 0.25) is 0 Å². The molecule has 0 bridgehead atoms. The Bertz CT molecular complexity index is 462. The Kier molecular flexibility index (Phi) is 7.32. The van der Waals surface area contributed by atoms with E-state index in [1.165, 1.54) is 0 Å². The maximum absolute atomic E-state index is 11.6. The third-order valence-corrected chi connectivity index (χ3v) is 2.81. The standard InChI is InChI=1S/C12H14Cl2N2O4/c13-8-2-1-3-9(14)10(8)16-12(19)11(18)15-4-6-20-7-5-17/h1-3,17H,4-7H2,(H,15,18)(H,16,19). The van der Waals surface area contributed by atoms with Crippen molar-refractivity contribution in [1.29, 1.82) is 0 Å². The van der Waals surface area contributed by atoms with E-state index in [0.29, 0.717) is 0 Å². The van der Waals surface area contributed by atoms with E-state index in [0.717, 1.165) is 0 Å². The fourth-order valence-electron chi connectivity index (χ4n) is 1.27. The van der Waals surface area contributed by atoms with E-state index in [1.807, 2.05) is 0 Å². The molecule has 3 N–H and O–H groups in total. The van der Waals surface area contributed by atoms with Crippen molar-refractivity contribution in [3.8, 4) is 0 Å². The van der Waals surface area contributed by atoms with Gasteiger partial charge in [-0.2, -0.15) is 0 Å². The van der Waals surface area contributed by atoms with Crippen LogP contribution in [-0.4, -0.2) is 43.3 Å². The van der Waals surface area contributed by atoms with Crippen molar-refractivity contribution in [3.05, 3.63) is 28.2 Å². The van der Waals surface area contributed by atoms with Crippen LogP contribution < -0.4 is 10.6 Å². The van der Waals surface area contributed by atoms with Gasteiger partial charge in [-0.1, -0.05) is 29.3 Å². The van der Waals surface area contributed by atoms with Crippen LogP contribution in [0.3, 0.4) is 0 Å². The zero-order chi connectivity index (χ0) is 15.0. The Balaban J connectivity index is 2.44. The maximum atomic E-state index is 11.6. The molecule has 0 heterocycles. The number of ether oxygens (including phenoxy) is 1. The molecular formula is C12H14Cl2N2O4. The number of carbonyl (C=O) groups is 2. The van der Waals surface area contributed by atoms with E-state index in [-0.39, 0.29) is 42.1 Å². The van der Waals surface area contributed by atoms with E-state index >= 15 is 0 Å². The number of rotatable bonds is 6. The summed E-state index contributed by atoms with van der Waals surface area (Å²) in [4.78, 5) is 23.1. The average molecular weight is 321 g/mol. The van der Waals surface area contributed by atoms with E-state index < -0.39 is 11.8 Å². The van der Waals surface area contributed by atoms with Crippen molar-refractivity contribution in [2.45, 2.75) is 0 Å². The molecule has 1 aromatic carbocycles. The molecule has 0 aliphatic carbocycles. The summed E-state index contributed by atoms with van der Waals surface area (Å²) in [5, 5.41) is 13.7. The topological polar surface area (TPSA) is 87.7 Å². The van der Waals surface area contributed by atoms with Crippen molar-refractivity contribution in [2.24, 2.45) is 0 Å². The fraction of sp³-hybridized carbons (Fsp3) is 0.333. The number of anilines is 1. The van der Waals surface area contributed by atoms with Gasteiger partial charge in [0.1, 0.15) is 0 Å². The van der Waals surface area contributed by atoms with Gasteiger partial charge in [0.05, 0.1) is 35.6 Å². The molecule has 8 heteroatoms. The summed E-state index contributed by atoms with van der Waals surface area (Å²) < 4.78 is 4.93. The van der Waals surface area contributed by atoms with E-state index in [9.17, 15) is 9.59 Å². The summed E-state index contributed by atoms with van der Waals surface area (Å²) >= 11 is 11.7. The lowest BCUT2D eigenvalue weighted by Crippen LogP contribution is -2.37. The smallest absolute Gasteiger partial charge is 0.313 e. The molecule has 0 atom stereocenters. The van der Waals surface area contributed by atoms with Crippen LogP contribution in [0.2, 0.25) is 10.0 Å². The number of aliphatic hydroxyl groups excluding tert-OH is 1. The van der Waals surface area contributed by atoms with E-state index in [4.69, 9.17) is 33.0 Å². The molecule has 0 spiro atoms. The number of hydrogen-bond acceptors (Lipinski definition) is 4. The number of hydrogen-bond donors (Lipinski definition) is 3. The van der Waals surface area contributed by atoms with Gasteiger partial charge in [-0.25, -0.2) is 0 Å². The number of aliphatic hydroxyl groups is 1. The van der Waals surface area contributed by atoms with Crippen molar-refractivity contribution in [2.75, 3.05) is 31.7 Å². The van der Waals surface area contributed by atoms with Crippen LogP contribution in [0.1, 0.15) is 0 Å². The Hall–Kier alpha value is -1.34. The number of nitrogens with one attached hydrogen (secondary N) is 2. The molecule has 20 heavy (non-hydrogen) atoms. The molecule has 0 aromatic heterocycles. The minimum atomic E-state index is -0.873. The Morgan fingerprint density at radius 1 is 1.15 bits per heavy atom. The lowest BCUT2D eigenvalue weighted by Gasteiger charge is -2.09. The maximum Gasteiger partial charge on any atom is 0.313 e. The minimum absolute atomic E-state index is 0.0978. The first-order chi connectivity index (χ1) is 9.56. The summed E-state index contributed by atoms with van der Waals surface area (Å²) in [5.41, 5.74) is 0.188. The molecule has 1 rings (SSSR count). The number of amides is 2. The van der Waals surface area contributed by atoms with Crippen LogP contribution in [0.15, 0.2) is 18.2 Å². The fourth-order valence-corrected chi connectivity index (χ4v) is 1.76. The quantitative estimate of drug-likeness (QED) is 0.540. The second-order valence-electron chi connectivity index (χ2n) is 3.64. The predicted octanol–water partition coefficient (Wildman–Crippen LogP) is 1.06. The van der Waals surface area contributed by atoms with Gasteiger partial charge >= 0.3 is 11.8 Å². The minimum Gasteiger partial charge on any atom is -0.394 e. The molecule has 0 saturated heterocycles. The van der Waals surface area contributed by atoms with Gasteiger partial charge in [-0.05, 0) is 12.1 Å². The van der Waals surface area contributed by atoms with Gasteiger partial charge in [-0.15, -0.1) is 0 Å². The number of carbonyl (C=O) groups excluding carboxylic acids is 2. The summed E-state index contributed by atoms with van der Waals surface area (Å²) in [6.45, 7) is 0.436. The van der Waals surface area contributed by atoms with Crippen molar-refractivity contribution < 1.29 is 19.4 Å². The highest BCUT2D eigenvalue weighted by molar-refractivity contribution is 6.44. The summed E-state index contributed by atoms with van der Waals surface area (Å²) in [5.74, 6) is -1.70. The SMILES string of the molecule is O=C(NCCOCCO)C(=O)Nc1c(Cl)cccc1Cl. The molecule has 0 saturated carbocycles. The van der Waals surface area contributed by atoms with Crippen molar-refractivity contribution in [3.63, 3.8) is 0 Å². The molecule has 0 fully saturated rings. The Morgan fingerprint density at radius 3 is 2.40 bits per heavy atom. The van der Waals surface area contributed by atoms with Gasteiger partial charge in [0.15, 0.2) is 0 Å². The van der Waals surface area contributed by atoms with Crippen LogP contribution in [0, 0.1) is 0 Å². The highest BCUT2D eigenvalue weighted by Crippen LogP contribution is 2.29. The van der Waals surface area contributed by atoms with Crippen LogP contribution >= 0.6 is 23.2 Å². The molecule has 6 nitrogen and oxygen atoms in total. The zero-order valence-corrected chi connectivity index (χ0v) is 12.0. The van der Waals surface area contributed by atoms with Crippen LogP contribution in [0.25, 0.3) is 0 Å². The molecular weight excluding hydrogens is 307 g/mol. The molecule has 110 valence electrons. The van der Waals surface area contributed by atoms with Crippen LogP contribution in [0.4, 0.5) is 5.69 Å². The first kappa shape index (κ1) is 16.7. The second kappa shape index (κ2) is 8.76. The van der Waals surface area contributed by atoms with Gasteiger partial charge < -0.3 is 20.5 Å². The summed E-state index contributed by atoms with van der Waals surface area (Å²) in [6, 6.07) is 4.71. The van der Waals surface area contributed by atoms with Crippen molar-refractivity contribution in [1.82, 2.24) is 5.32 Å². The third-order valence-electron chi connectivity index (χ3n) is 2.18. The average Bonchev–Trinajstić information content (AvgIpc) is 2.42. The van der Waals surface area contributed by atoms with E-state index in [1.54, 1.807) is 18.2 Å². The monoisotopic (exact) mass is 320 g/mol. The van der Waals surface area contributed by atoms with Crippen LogP contribution in [0.5, 0.6) is 0 Å². The number of benzene rings is 1. The highest BCUT2D eigenvalue weighted by atomic mass is 35.5. The molecule has 0 aliphatic rings. The van der Waals surface area contributed by atoms with Crippen molar-refractivity contribution >= 4 is 40.7 Å². The molecule has 0 unspecified atom stereocenters. The zero-order valence-electron chi connectivity index (χ0n) is 10.5. The van der Waals surface area contributed by atoms with Gasteiger partial charge in [0, 0.05) is 6.54 Å². The normalized spacial score (nSPS) is 10.2.